The topological polar surface area (TPSA) is 66.8 Å². The molecule has 1 saturated carbocycles. The van der Waals surface area contributed by atoms with E-state index in [-0.39, 0.29) is 0 Å². The van der Waals surface area contributed by atoms with Crippen LogP contribution >= 0.6 is 0 Å². The fraction of sp³-hybridized carbons (Fsp3) is 0.276. The molecule has 2 aliphatic rings. The van der Waals surface area contributed by atoms with Crippen molar-refractivity contribution >= 4 is 27.8 Å². The number of aromatic nitrogens is 4. The normalized spacial score (nSPS) is 18.1. The van der Waals surface area contributed by atoms with Crippen LogP contribution in [-0.4, -0.2) is 43.4 Å². The van der Waals surface area contributed by atoms with Crippen molar-refractivity contribution in [3.05, 3.63) is 73.2 Å². The second-order valence-electron chi connectivity index (χ2n) is 9.98. The van der Waals surface area contributed by atoms with Crippen LogP contribution in [-0.2, 0) is 11.3 Å². The first kappa shape index (κ1) is 20.4. The maximum Gasteiger partial charge on any atom is 0.225 e. The minimum Gasteiger partial charge on any atom is -0.361 e. The second-order valence-corrected chi connectivity index (χ2v) is 9.98. The molecular weight excluding hydrogens is 434 g/mol. The third kappa shape index (κ3) is 3.70. The van der Waals surface area contributed by atoms with Gasteiger partial charge in [0.15, 0.2) is 0 Å². The van der Waals surface area contributed by atoms with E-state index in [9.17, 15) is 4.79 Å². The summed E-state index contributed by atoms with van der Waals surface area (Å²) in [5.41, 5.74) is 6.62. The molecule has 1 saturated heterocycles. The van der Waals surface area contributed by atoms with Gasteiger partial charge in [0.25, 0.3) is 0 Å². The van der Waals surface area contributed by atoms with Gasteiger partial charge in [0.2, 0.25) is 5.91 Å². The number of nitrogens with one attached hydrogen (secondary N) is 1. The number of benzene rings is 2. The molecule has 174 valence electrons. The Hall–Kier alpha value is -3.93. The number of fused-ring (bicyclic) bond motifs is 2. The monoisotopic (exact) mass is 461 g/mol. The first-order valence-corrected chi connectivity index (χ1v) is 12.5. The summed E-state index contributed by atoms with van der Waals surface area (Å²) in [6, 6.07) is 19.3. The Bertz CT molecular complexity index is 1540. The number of aromatic amines is 1. The van der Waals surface area contributed by atoms with Crippen molar-refractivity contribution in [3.8, 4) is 22.5 Å². The minimum absolute atomic E-state index is 0.292. The summed E-state index contributed by atoms with van der Waals surface area (Å²) >= 11 is 0. The molecule has 0 radical (unpaired) electrons. The van der Waals surface area contributed by atoms with Crippen molar-refractivity contribution in [1.82, 2.24) is 24.4 Å². The van der Waals surface area contributed by atoms with Gasteiger partial charge in [0, 0.05) is 49.0 Å². The molecule has 1 amide bonds. The molecule has 1 N–H and O–H groups in total. The van der Waals surface area contributed by atoms with E-state index < -0.39 is 0 Å². The van der Waals surface area contributed by atoms with Crippen molar-refractivity contribution < 1.29 is 4.79 Å². The first-order chi connectivity index (χ1) is 17.2. The number of carbonyl (C=O) groups is 1. The highest BCUT2D eigenvalue weighted by molar-refractivity contribution is 5.85. The molecule has 0 bridgehead atoms. The fourth-order valence-corrected chi connectivity index (χ4v) is 5.45. The van der Waals surface area contributed by atoms with Gasteiger partial charge >= 0.3 is 0 Å². The number of amides is 1. The number of H-pyrrole nitrogens is 1. The summed E-state index contributed by atoms with van der Waals surface area (Å²) in [6.07, 6.45) is 8.83. The van der Waals surface area contributed by atoms with Gasteiger partial charge in [-0.15, -0.1) is 0 Å². The molecule has 3 aromatic heterocycles. The maximum absolute atomic E-state index is 12.6. The average molecular weight is 462 g/mol. The van der Waals surface area contributed by atoms with Gasteiger partial charge in [-0.3, -0.25) is 9.78 Å². The van der Waals surface area contributed by atoms with E-state index in [2.05, 4.69) is 68.0 Å². The SMILES string of the molecule is O=C(C1CC1)N1CC[C@@H](Cn2c(-c3ccc(-c4ccc5cc[nH]c5c4)cc3)nc3cnccc32)C1. The molecule has 1 atom stereocenters. The molecule has 5 aromatic rings. The van der Waals surface area contributed by atoms with Crippen LogP contribution in [0, 0.1) is 11.8 Å². The molecule has 2 aromatic carbocycles. The summed E-state index contributed by atoms with van der Waals surface area (Å²) in [5, 5.41) is 1.22. The summed E-state index contributed by atoms with van der Waals surface area (Å²) < 4.78 is 2.33. The Labute approximate surface area is 203 Å². The summed E-state index contributed by atoms with van der Waals surface area (Å²) in [5.74, 6) is 2.06. The van der Waals surface area contributed by atoms with Crippen molar-refractivity contribution in [3.63, 3.8) is 0 Å². The molecule has 6 heteroatoms. The number of nitrogens with zero attached hydrogens (tertiary/aromatic N) is 4. The van der Waals surface area contributed by atoms with Gasteiger partial charge in [-0.2, -0.15) is 0 Å². The zero-order chi connectivity index (χ0) is 23.4. The van der Waals surface area contributed by atoms with Crippen LogP contribution in [0.4, 0.5) is 0 Å². The first-order valence-electron chi connectivity index (χ1n) is 12.5. The van der Waals surface area contributed by atoms with Crippen molar-refractivity contribution in [2.45, 2.75) is 25.8 Å². The summed E-state index contributed by atoms with van der Waals surface area (Å²) in [6.45, 7) is 2.58. The molecule has 35 heavy (non-hydrogen) atoms. The van der Waals surface area contributed by atoms with Gasteiger partial charge in [-0.25, -0.2) is 4.98 Å². The number of pyridine rings is 1. The van der Waals surface area contributed by atoms with Crippen LogP contribution in [0.3, 0.4) is 0 Å². The van der Waals surface area contributed by atoms with Crippen LogP contribution in [0.15, 0.2) is 73.2 Å². The van der Waals surface area contributed by atoms with Gasteiger partial charge in [-0.1, -0.05) is 36.4 Å². The largest absolute Gasteiger partial charge is 0.361 e. The molecule has 0 spiro atoms. The van der Waals surface area contributed by atoms with Gasteiger partial charge < -0.3 is 14.5 Å². The number of hydrogen-bond donors (Lipinski definition) is 1. The Kier molecular flexibility index (Phi) is 4.72. The lowest BCUT2D eigenvalue weighted by molar-refractivity contribution is -0.131. The minimum atomic E-state index is 0.292. The van der Waals surface area contributed by atoms with Gasteiger partial charge in [-0.05, 0) is 59.9 Å². The Morgan fingerprint density at radius 2 is 1.80 bits per heavy atom. The highest BCUT2D eigenvalue weighted by Gasteiger charge is 2.36. The molecule has 0 unspecified atom stereocenters. The van der Waals surface area contributed by atoms with Crippen molar-refractivity contribution in [2.24, 2.45) is 11.8 Å². The van der Waals surface area contributed by atoms with Crippen molar-refractivity contribution in [1.29, 1.82) is 0 Å². The van der Waals surface area contributed by atoms with E-state index in [1.165, 1.54) is 16.5 Å². The average Bonchev–Trinajstić information content (AvgIpc) is 3.30. The van der Waals surface area contributed by atoms with Crippen LogP contribution in [0.25, 0.3) is 44.5 Å². The van der Waals surface area contributed by atoms with Crippen molar-refractivity contribution in [2.75, 3.05) is 13.1 Å². The smallest absolute Gasteiger partial charge is 0.225 e. The number of carbonyl (C=O) groups excluding carboxylic acids is 1. The molecule has 1 aliphatic heterocycles. The van der Waals surface area contributed by atoms with E-state index in [0.717, 1.165) is 66.8 Å². The molecule has 1 aliphatic carbocycles. The Morgan fingerprint density at radius 1 is 0.971 bits per heavy atom. The number of likely N-dealkylation sites (tertiary alicyclic amines) is 1. The molecule has 2 fully saturated rings. The van der Waals surface area contributed by atoms with E-state index >= 15 is 0 Å². The van der Waals surface area contributed by atoms with E-state index in [1.807, 2.05) is 24.7 Å². The number of hydrogen-bond acceptors (Lipinski definition) is 3. The van der Waals surface area contributed by atoms with E-state index in [1.54, 1.807) is 0 Å². The Balaban J connectivity index is 1.19. The molecular formula is C29H27N5O. The highest BCUT2D eigenvalue weighted by Crippen LogP contribution is 2.34. The summed E-state index contributed by atoms with van der Waals surface area (Å²) in [7, 11) is 0. The number of imidazole rings is 1. The van der Waals surface area contributed by atoms with Crippen LogP contribution in [0.1, 0.15) is 19.3 Å². The molecule has 6 nitrogen and oxygen atoms in total. The fourth-order valence-electron chi connectivity index (χ4n) is 5.45. The zero-order valence-electron chi connectivity index (χ0n) is 19.5. The lowest BCUT2D eigenvalue weighted by atomic mass is 10.0. The summed E-state index contributed by atoms with van der Waals surface area (Å²) in [4.78, 5) is 27.2. The predicted octanol–water partition coefficient (Wildman–Crippen LogP) is 5.51. The lowest BCUT2D eigenvalue weighted by Gasteiger charge is -2.18. The third-order valence-electron chi connectivity index (χ3n) is 7.55. The van der Waals surface area contributed by atoms with Gasteiger partial charge in [0.05, 0.1) is 11.7 Å². The maximum atomic E-state index is 12.6. The van der Waals surface area contributed by atoms with Crippen LogP contribution in [0.2, 0.25) is 0 Å². The zero-order valence-corrected chi connectivity index (χ0v) is 19.5. The predicted molar refractivity (Wildman–Crippen MR) is 138 cm³/mol. The van der Waals surface area contributed by atoms with Gasteiger partial charge in [0.1, 0.15) is 11.3 Å². The van der Waals surface area contributed by atoms with E-state index in [4.69, 9.17) is 4.98 Å². The van der Waals surface area contributed by atoms with Crippen LogP contribution < -0.4 is 0 Å². The molecule has 4 heterocycles. The second kappa shape index (κ2) is 8.08. The highest BCUT2D eigenvalue weighted by atomic mass is 16.2. The molecule has 7 rings (SSSR count). The van der Waals surface area contributed by atoms with E-state index in [0.29, 0.717) is 17.7 Å². The third-order valence-corrected chi connectivity index (χ3v) is 7.55. The Morgan fingerprint density at radius 3 is 2.66 bits per heavy atom. The lowest BCUT2D eigenvalue weighted by Crippen LogP contribution is -2.30. The number of rotatable bonds is 5. The van der Waals surface area contributed by atoms with Crippen LogP contribution in [0.5, 0.6) is 0 Å². The standard InChI is InChI=1S/C29H27N5O/c35-29(23-6-7-23)33-14-11-19(17-33)18-34-27-10-12-30-16-26(27)32-28(34)22-4-1-20(2-5-22)24-8-3-21-9-13-31-25(21)15-24/h1-5,8-10,12-13,15-16,19,23,31H,6-7,11,14,17-18H2/t19-/m1/s1. The quantitative estimate of drug-likeness (QED) is 0.376.